The molecule has 1 heterocycles. The molecule has 3 aromatic carbocycles. The molecule has 2 N–H and O–H groups in total. The van der Waals surface area contributed by atoms with Crippen LogP contribution in [-0.2, 0) is 21.0 Å². The number of fused-ring (bicyclic) bond motifs is 1. The van der Waals surface area contributed by atoms with Gasteiger partial charge in [0.05, 0.1) is 36.3 Å². The van der Waals surface area contributed by atoms with Crippen LogP contribution < -0.4 is 19.1 Å². The molecule has 8 nitrogen and oxygen atoms in total. The topological polar surface area (TPSA) is 105 Å². The predicted molar refractivity (Wildman–Crippen MR) is 138 cm³/mol. The number of alkyl halides is 6. The Bertz CT molecular complexity index is 1690. The fourth-order valence-corrected chi connectivity index (χ4v) is 5.75. The minimum Gasteiger partial charge on any atom is -0.494 e. The van der Waals surface area contributed by atoms with Gasteiger partial charge in [0.1, 0.15) is 17.7 Å². The van der Waals surface area contributed by atoms with Gasteiger partial charge in [0.25, 0.3) is 15.9 Å². The van der Waals surface area contributed by atoms with Crippen LogP contribution in [0.15, 0.2) is 59.5 Å². The average molecular weight is 655 g/mol. The van der Waals surface area contributed by atoms with E-state index in [4.69, 9.17) is 9.47 Å². The number of amides is 1. The Morgan fingerprint density at radius 1 is 1.07 bits per heavy atom. The number of ether oxygens (including phenoxy) is 2. The lowest BCUT2D eigenvalue weighted by Gasteiger charge is -2.36. The van der Waals surface area contributed by atoms with E-state index in [-0.39, 0.29) is 29.5 Å². The molecule has 0 spiro atoms. The van der Waals surface area contributed by atoms with Crippen LogP contribution in [0.5, 0.6) is 11.5 Å². The number of aliphatic hydroxyl groups is 1. The molecule has 238 valence electrons. The molecule has 0 radical (unpaired) electrons. The van der Waals surface area contributed by atoms with Gasteiger partial charge in [-0.3, -0.25) is 9.10 Å². The number of nitrogens with zero attached hydrogens (tertiary/aromatic N) is 1. The Morgan fingerprint density at radius 3 is 2.36 bits per heavy atom. The highest BCUT2D eigenvalue weighted by atomic mass is 32.2. The van der Waals surface area contributed by atoms with Crippen LogP contribution in [0.25, 0.3) is 11.1 Å². The van der Waals surface area contributed by atoms with Crippen LogP contribution in [0.2, 0.25) is 0 Å². The maximum absolute atomic E-state index is 15.0. The normalized spacial score (nSPS) is 16.9. The van der Waals surface area contributed by atoms with Gasteiger partial charge in [-0.25, -0.2) is 17.2 Å². The van der Waals surface area contributed by atoms with Crippen molar-refractivity contribution in [2.24, 2.45) is 0 Å². The monoisotopic (exact) mass is 654 g/mol. The van der Waals surface area contributed by atoms with E-state index in [1.54, 1.807) is 0 Å². The molecule has 0 saturated carbocycles. The molecule has 1 unspecified atom stereocenters. The lowest BCUT2D eigenvalue weighted by molar-refractivity contribution is -0.245. The van der Waals surface area contributed by atoms with E-state index in [9.17, 15) is 49.1 Å². The zero-order valence-electron chi connectivity index (χ0n) is 22.6. The zero-order valence-corrected chi connectivity index (χ0v) is 23.4. The summed E-state index contributed by atoms with van der Waals surface area (Å²) in [5.74, 6) is -4.56. The number of hydrogen-bond donors (Lipinski definition) is 2. The van der Waals surface area contributed by atoms with E-state index in [1.165, 1.54) is 6.07 Å². The van der Waals surface area contributed by atoms with E-state index in [2.05, 4.69) is 0 Å². The summed E-state index contributed by atoms with van der Waals surface area (Å²) >= 11 is 0. The van der Waals surface area contributed by atoms with Crippen molar-refractivity contribution < 1.29 is 62.9 Å². The van der Waals surface area contributed by atoms with Gasteiger partial charge >= 0.3 is 12.4 Å². The molecule has 1 aliphatic rings. The molecule has 17 heteroatoms. The van der Waals surface area contributed by atoms with Crippen molar-refractivity contribution in [1.29, 1.82) is 0 Å². The average Bonchev–Trinajstić information content (AvgIpc) is 2.95. The zero-order chi connectivity index (χ0) is 32.8. The fourth-order valence-electron chi connectivity index (χ4n) is 4.20. The smallest absolute Gasteiger partial charge is 0.426 e. The number of nitrogens with one attached hydrogen (secondary N) is 1. The number of hydrogen-bond acceptors (Lipinski definition) is 6. The molecular formula is C27H22F8N2O6S. The highest BCUT2D eigenvalue weighted by Gasteiger charge is 2.55. The van der Waals surface area contributed by atoms with Crippen molar-refractivity contribution >= 4 is 21.6 Å². The van der Waals surface area contributed by atoms with Crippen LogP contribution >= 0.6 is 0 Å². The van der Waals surface area contributed by atoms with Crippen molar-refractivity contribution in [3.8, 4) is 22.6 Å². The Morgan fingerprint density at radius 2 is 1.75 bits per heavy atom. The lowest BCUT2D eigenvalue weighted by atomic mass is 10.0. The summed E-state index contributed by atoms with van der Waals surface area (Å²) in [5, 5.41) is 11.4. The molecule has 2 atom stereocenters. The number of rotatable bonds is 7. The molecular weight excluding hydrogens is 632 g/mol. The second-order valence-corrected chi connectivity index (χ2v) is 11.6. The standard InChI is InChI=1S/C27H22F8N2O6S/c1-25(39,27(33,34)35)24(38)36-12-17-13-37(44(40,41)18-5-3-4-15(9-18)26(30,31)32)20-8-14(6-7-21(20)43-17)19-10-16(28)11-22(42-2)23(19)29/h3-11,17,39H,12-13H2,1-2H3,(H,36,38)/t17-,25?/m0/s1. The van der Waals surface area contributed by atoms with Gasteiger partial charge in [-0.15, -0.1) is 0 Å². The minimum absolute atomic E-state index is 0.0973. The molecule has 0 saturated heterocycles. The summed E-state index contributed by atoms with van der Waals surface area (Å²) in [4.78, 5) is 11.3. The third-order valence-corrected chi connectivity index (χ3v) is 8.44. The van der Waals surface area contributed by atoms with Crippen molar-refractivity contribution in [1.82, 2.24) is 5.32 Å². The highest BCUT2D eigenvalue weighted by molar-refractivity contribution is 7.92. The third-order valence-electron chi connectivity index (χ3n) is 6.66. The Labute approximate surface area is 244 Å². The predicted octanol–water partition coefficient (Wildman–Crippen LogP) is 5.05. The van der Waals surface area contributed by atoms with Crippen molar-refractivity contribution in [2.75, 3.05) is 24.5 Å². The van der Waals surface area contributed by atoms with E-state index in [0.29, 0.717) is 16.4 Å². The fraction of sp³-hybridized carbons (Fsp3) is 0.296. The van der Waals surface area contributed by atoms with Gasteiger partial charge in [0.2, 0.25) is 5.60 Å². The summed E-state index contributed by atoms with van der Waals surface area (Å²) in [6.45, 7) is -1.35. The highest BCUT2D eigenvalue weighted by Crippen LogP contribution is 2.42. The van der Waals surface area contributed by atoms with Crippen LogP contribution in [-0.4, -0.2) is 57.5 Å². The summed E-state index contributed by atoms with van der Waals surface area (Å²) in [5.41, 5.74) is -5.92. The minimum atomic E-state index is -5.36. The van der Waals surface area contributed by atoms with Gasteiger partial charge in [0.15, 0.2) is 11.6 Å². The first-order chi connectivity index (χ1) is 20.3. The van der Waals surface area contributed by atoms with Gasteiger partial charge in [0, 0.05) is 11.6 Å². The maximum Gasteiger partial charge on any atom is 0.426 e. The van der Waals surface area contributed by atoms with Crippen LogP contribution in [0.4, 0.5) is 40.8 Å². The van der Waals surface area contributed by atoms with E-state index < -0.39 is 80.9 Å². The second-order valence-electron chi connectivity index (χ2n) is 9.73. The lowest BCUT2D eigenvalue weighted by Crippen LogP contribution is -2.57. The number of carbonyl (C=O) groups excluding carboxylic acids is 1. The van der Waals surface area contributed by atoms with Gasteiger partial charge in [-0.1, -0.05) is 12.1 Å². The largest absolute Gasteiger partial charge is 0.494 e. The number of sulfonamides is 1. The number of methoxy groups -OCH3 is 1. The van der Waals surface area contributed by atoms with Gasteiger partial charge < -0.3 is 19.9 Å². The molecule has 44 heavy (non-hydrogen) atoms. The quantitative estimate of drug-likeness (QED) is 0.346. The summed E-state index contributed by atoms with van der Waals surface area (Å²) < 4.78 is 147. The molecule has 0 aromatic heterocycles. The molecule has 3 aromatic rings. The number of halogens is 8. The molecule has 1 aliphatic heterocycles. The van der Waals surface area contributed by atoms with Crippen LogP contribution in [0.1, 0.15) is 12.5 Å². The van der Waals surface area contributed by atoms with E-state index in [1.807, 2.05) is 5.32 Å². The number of anilines is 1. The first-order valence-corrected chi connectivity index (χ1v) is 13.8. The Kier molecular flexibility index (Phi) is 8.51. The van der Waals surface area contributed by atoms with Crippen LogP contribution in [0.3, 0.4) is 0 Å². The molecule has 0 aliphatic carbocycles. The third kappa shape index (κ3) is 6.24. The van der Waals surface area contributed by atoms with E-state index >= 15 is 4.39 Å². The van der Waals surface area contributed by atoms with Gasteiger partial charge in [-0.2, -0.15) is 26.3 Å². The summed E-state index contributed by atoms with van der Waals surface area (Å²) in [7, 11) is -3.81. The number of carbonyl (C=O) groups is 1. The number of benzene rings is 3. The van der Waals surface area contributed by atoms with Crippen molar-refractivity contribution in [3.63, 3.8) is 0 Å². The summed E-state index contributed by atoms with van der Waals surface area (Å²) in [6.07, 6.45) is -11.7. The second kappa shape index (κ2) is 11.4. The van der Waals surface area contributed by atoms with Crippen LogP contribution in [0, 0.1) is 11.6 Å². The summed E-state index contributed by atoms with van der Waals surface area (Å²) in [6, 6.07) is 7.64. The Balaban J connectivity index is 1.80. The van der Waals surface area contributed by atoms with Gasteiger partial charge in [-0.05, 0) is 48.9 Å². The molecule has 0 bridgehead atoms. The maximum atomic E-state index is 15.0. The van der Waals surface area contributed by atoms with Crippen molar-refractivity contribution in [3.05, 3.63) is 71.8 Å². The Hall–Kier alpha value is -4.12. The molecule has 0 fully saturated rings. The van der Waals surface area contributed by atoms with E-state index in [0.717, 1.165) is 43.5 Å². The van der Waals surface area contributed by atoms with Crippen molar-refractivity contribution in [2.45, 2.75) is 35.9 Å². The SMILES string of the molecule is COc1cc(F)cc(-c2ccc3c(c2)N(S(=O)(=O)c2cccc(C(F)(F)F)c2)C[C@H](CNC(=O)C(C)(O)C(F)(F)F)O3)c1F. The molecule has 4 rings (SSSR count). The first-order valence-electron chi connectivity index (χ1n) is 12.4. The first kappa shape index (κ1) is 32.8. The molecule has 1 amide bonds.